The molecule has 0 saturated heterocycles. The van der Waals surface area contributed by atoms with Gasteiger partial charge in [0.05, 0.1) is 6.54 Å². The fourth-order valence-corrected chi connectivity index (χ4v) is 1.52. The molecule has 1 aromatic rings. The topological polar surface area (TPSA) is 65.5 Å². The average Bonchev–Trinajstić information content (AvgIpc) is 2.40. The molecule has 0 spiro atoms. The number of rotatable bonds is 6. The van der Waals surface area contributed by atoms with Gasteiger partial charge < -0.3 is 16.0 Å². The number of aliphatic imine (C=N–C) groups is 1. The third-order valence-electron chi connectivity index (χ3n) is 2.35. The molecule has 1 aromatic carbocycles. The van der Waals surface area contributed by atoms with Crippen LogP contribution in [0.1, 0.15) is 20.3 Å². The predicted octanol–water partition coefficient (Wildman–Crippen LogP) is 1.59. The van der Waals surface area contributed by atoms with Crippen molar-refractivity contribution in [1.29, 1.82) is 0 Å². The molecule has 104 valence electrons. The van der Waals surface area contributed by atoms with Crippen molar-refractivity contribution >= 4 is 17.6 Å². The lowest BCUT2D eigenvalue weighted by molar-refractivity contribution is -0.116. The van der Waals surface area contributed by atoms with Crippen molar-refractivity contribution in [3.63, 3.8) is 0 Å². The van der Waals surface area contributed by atoms with Gasteiger partial charge >= 0.3 is 0 Å². The van der Waals surface area contributed by atoms with Crippen LogP contribution in [-0.4, -0.2) is 31.5 Å². The van der Waals surface area contributed by atoms with E-state index in [4.69, 9.17) is 0 Å². The number of nitrogens with zero attached hydrogens (tertiary/aromatic N) is 1. The largest absolute Gasteiger partial charge is 0.357 e. The molecular weight excluding hydrogens is 240 g/mol. The Bertz CT molecular complexity index is 395. The predicted molar refractivity (Wildman–Crippen MR) is 79.3 cm³/mol. The summed E-state index contributed by atoms with van der Waals surface area (Å²) in [5.41, 5.74) is 0.815. The molecule has 0 aliphatic rings. The van der Waals surface area contributed by atoms with Gasteiger partial charge in [-0.05, 0) is 26.0 Å². The first-order chi connectivity index (χ1) is 9.26. The van der Waals surface area contributed by atoms with Crippen molar-refractivity contribution in [3.05, 3.63) is 30.3 Å². The summed E-state index contributed by atoms with van der Waals surface area (Å²) >= 11 is 0. The van der Waals surface area contributed by atoms with E-state index < -0.39 is 0 Å². The molecule has 0 aliphatic carbocycles. The molecule has 5 heteroatoms. The van der Waals surface area contributed by atoms with Crippen molar-refractivity contribution in [2.24, 2.45) is 4.99 Å². The second-order valence-corrected chi connectivity index (χ2v) is 3.96. The Morgan fingerprint density at radius 3 is 2.32 bits per heavy atom. The molecule has 3 N–H and O–H groups in total. The molecule has 0 aliphatic heterocycles. The highest BCUT2D eigenvalue weighted by Gasteiger charge is 2.01. The maximum atomic E-state index is 11.7. The van der Waals surface area contributed by atoms with E-state index in [2.05, 4.69) is 20.9 Å². The highest BCUT2D eigenvalue weighted by atomic mass is 16.1. The molecule has 0 atom stereocenters. The summed E-state index contributed by atoms with van der Waals surface area (Å²) < 4.78 is 0. The van der Waals surface area contributed by atoms with Crippen LogP contribution < -0.4 is 16.0 Å². The van der Waals surface area contributed by atoms with E-state index in [-0.39, 0.29) is 5.91 Å². The number of carbonyl (C=O) groups excluding carboxylic acids is 1. The molecule has 1 rings (SSSR count). The Balaban J connectivity index is 2.35. The van der Waals surface area contributed by atoms with E-state index >= 15 is 0 Å². The van der Waals surface area contributed by atoms with Gasteiger partial charge in [-0.2, -0.15) is 0 Å². The maximum absolute atomic E-state index is 11.7. The zero-order valence-corrected chi connectivity index (χ0v) is 11.6. The second-order valence-electron chi connectivity index (χ2n) is 3.96. The van der Waals surface area contributed by atoms with Gasteiger partial charge in [0.2, 0.25) is 5.91 Å². The summed E-state index contributed by atoms with van der Waals surface area (Å²) in [5, 5.41) is 9.06. The lowest BCUT2D eigenvalue weighted by atomic mass is 10.3. The number of benzene rings is 1. The first-order valence-corrected chi connectivity index (χ1v) is 6.63. The number of anilines is 1. The SMILES string of the molecule is CCNC(=NCCC(=O)Nc1ccccc1)NCC. The van der Waals surface area contributed by atoms with E-state index in [0.717, 1.165) is 24.7 Å². The highest BCUT2D eigenvalue weighted by molar-refractivity contribution is 5.91. The van der Waals surface area contributed by atoms with E-state index in [1.165, 1.54) is 0 Å². The number of guanidine groups is 1. The normalized spacial score (nSPS) is 9.58. The summed E-state index contributed by atoms with van der Waals surface area (Å²) in [7, 11) is 0. The summed E-state index contributed by atoms with van der Waals surface area (Å²) in [5.74, 6) is 0.722. The molecule has 0 bridgehead atoms. The summed E-state index contributed by atoms with van der Waals surface area (Å²) in [6.07, 6.45) is 0.370. The minimum Gasteiger partial charge on any atom is -0.357 e. The van der Waals surface area contributed by atoms with E-state index in [0.29, 0.717) is 13.0 Å². The Kier molecular flexibility index (Phi) is 7.09. The minimum atomic E-state index is -0.0257. The number of amides is 1. The fraction of sp³-hybridized carbons (Fsp3) is 0.429. The third kappa shape index (κ3) is 6.45. The molecule has 5 nitrogen and oxygen atoms in total. The van der Waals surface area contributed by atoms with Gasteiger partial charge in [0.25, 0.3) is 0 Å². The lowest BCUT2D eigenvalue weighted by Crippen LogP contribution is -2.37. The number of para-hydroxylation sites is 1. The number of carbonyl (C=O) groups is 1. The van der Waals surface area contributed by atoms with Crippen molar-refractivity contribution in [1.82, 2.24) is 10.6 Å². The summed E-state index contributed by atoms with van der Waals surface area (Å²) in [6, 6.07) is 9.43. The zero-order valence-electron chi connectivity index (χ0n) is 11.6. The summed E-state index contributed by atoms with van der Waals surface area (Å²) in [4.78, 5) is 16.0. The molecule has 0 fully saturated rings. The first-order valence-electron chi connectivity index (χ1n) is 6.63. The van der Waals surface area contributed by atoms with Crippen molar-refractivity contribution in [2.75, 3.05) is 25.0 Å². The van der Waals surface area contributed by atoms with Crippen LogP contribution in [0.15, 0.2) is 35.3 Å². The maximum Gasteiger partial charge on any atom is 0.226 e. The monoisotopic (exact) mass is 262 g/mol. The van der Waals surface area contributed by atoms with E-state index in [1.54, 1.807) is 0 Å². The van der Waals surface area contributed by atoms with Gasteiger partial charge in [0, 0.05) is 25.2 Å². The van der Waals surface area contributed by atoms with Gasteiger partial charge in [0.15, 0.2) is 5.96 Å². The molecule has 0 saturated carbocycles. The van der Waals surface area contributed by atoms with Gasteiger partial charge in [-0.1, -0.05) is 18.2 Å². The van der Waals surface area contributed by atoms with Crippen LogP contribution in [0.5, 0.6) is 0 Å². The van der Waals surface area contributed by atoms with Crippen LogP contribution in [-0.2, 0) is 4.79 Å². The molecule has 19 heavy (non-hydrogen) atoms. The molecule has 0 aromatic heterocycles. The molecule has 1 amide bonds. The van der Waals surface area contributed by atoms with Gasteiger partial charge in [-0.25, -0.2) is 0 Å². The van der Waals surface area contributed by atoms with E-state index in [9.17, 15) is 4.79 Å². The van der Waals surface area contributed by atoms with Crippen LogP contribution in [0.3, 0.4) is 0 Å². The first kappa shape index (κ1) is 15.0. The Morgan fingerprint density at radius 1 is 1.11 bits per heavy atom. The van der Waals surface area contributed by atoms with Gasteiger partial charge in [0.1, 0.15) is 0 Å². The highest BCUT2D eigenvalue weighted by Crippen LogP contribution is 2.05. The Labute approximate surface area is 114 Å². The second kappa shape index (κ2) is 8.97. The van der Waals surface area contributed by atoms with E-state index in [1.807, 2.05) is 44.2 Å². The Hall–Kier alpha value is -2.04. The molecule has 0 heterocycles. The van der Waals surface area contributed by atoms with Crippen molar-refractivity contribution in [2.45, 2.75) is 20.3 Å². The van der Waals surface area contributed by atoms with Crippen LogP contribution in [0.2, 0.25) is 0 Å². The molecule has 0 unspecified atom stereocenters. The fourth-order valence-electron chi connectivity index (χ4n) is 1.52. The summed E-state index contributed by atoms with van der Waals surface area (Å²) in [6.45, 7) is 6.10. The van der Waals surface area contributed by atoms with Crippen LogP contribution in [0.4, 0.5) is 5.69 Å². The number of hydrogen-bond acceptors (Lipinski definition) is 2. The minimum absolute atomic E-state index is 0.0257. The molecule has 0 radical (unpaired) electrons. The third-order valence-corrected chi connectivity index (χ3v) is 2.35. The zero-order chi connectivity index (χ0) is 13.9. The average molecular weight is 262 g/mol. The molecular formula is C14H22N4O. The smallest absolute Gasteiger partial charge is 0.226 e. The van der Waals surface area contributed by atoms with Crippen LogP contribution >= 0.6 is 0 Å². The van der Waals surface area contributed by atoms with Crippen LogP contribution in [0, 0.1) is 0 Å². The number of nitrogens with one attached hydrogen (secondary N) is 3. The van der Waals surface area contributed by atoms with Gasteiger partial charge in [-0.3, -0.25) is 9.79 Å². The van der Waals surface area contributed by atoms with Crippen molar-refractivity contribution < 1.29 is 4.79 Å². The Morgan fingerprint density at radius 2 is 1.74 bits per heavy atom. The number of hydrogen-bond donors (Lipinski definition) is 3. The lowest BCUT2D eigenvalue weighted by Gasteiger charge is -2.09. The van der Waals surface area contributed by atoms with Crippen LogP contribution in [0.25, 0.3) is 0 Å². The quantitative estimate of drug-likeness (QED) is 0.539. The van der Waals surface area contributed by atoms with Crippen molar-refractivity contribution in [3.8, 4) is 0 Å². The standard InChI is InChI=1S/C14H22N4O/c1-3-15-14(16-4-2)17-11-10-13(19)18-12-8-6-5-7-9-12/h5-9H,3-4,10-11H2,1-2H3,(H,18,19)(H2,15,16,17). The van der Waals surface area contributed by atoms with Gasteiger partial charge in [-0.15, -0.1) is 0 Å².